The van der Waals surface area contributed by atoms with E-state index < -0.39 is 0 Å². The molecule has 0 N–H and O–H groups in total. The topological polar surface area (TPSA) is 47.9 Å². The number of ether oxygens (including phenoxy) is 2. The van der Waals surface area contributed by atoms with Crippen LogP contribution in [0.5, 0.6) is 5.75 Å². The quantitative estimate of drug-likeness (QED) is 0.0980. The van der Waals surface area contributed by atoms with E-state index in [4.69, 9.17) is 9.47 Å². The van der Waals surface area contributed by atoms with Gasteiger partial charge in [-0.15, -0.1) is 0 Å². The van der Waals surface area contributed by atoms with Gasteiger partial charge in [-0.2, -0.15) is 0 Å². The Morgan fingerprint density at radius 3 is 2.14 bits per heavy atom. The number of carbonyl (C=O) groups is 1. The van der Waals surface area contributed by atoms with Crippen LogP contribution in [-0.2, 0) is 9.53 Å². The van der Waals surface area contributed by atoms with Gasteiger partial charge in [0.15, 0.2) is 0 Å². The molecule has 0 spiro atoms. The van der Waals surface area contributed by atoms with Crippen molar-refractivity contribution in [2.45, 2.75) is 58.3 Å². The first-order valence-corrected chi connectivity index (χ1v) is 12.4. The fraction of sp³-hybridized carbons (Fsp3) is 0.355. The van der Waals surface area contributed by atoms with Crippen molar-refractivity contribution in [3.05, 3.63) is 72.3 Å². The molecule has 0 atom stereocenters. The highest BCUT2D eigenvalue weighted by atomic mass is 16.5. The zero-order chi connectivity index (χ0) is 25.0. The van der Waals surface area contributed by atoms with Gasteiger partial charge in [0.2, 0.25) is 0 Å². The van der Waals surface area contributed by atoms with Crippen molar-refractivity contribution in [2.75, 3.05) is 13.2 Å². The van der Waals surface area contributed by atoms with E-state index >= 15 is 0 Å². The van der Waals surface area contributed by atoms with E-state index in [1.807, 2.05) is 54.7 Å². The molecule has 0 aliphatic carbocycles. The summed E-state index contributed by atoms with van der Waals surface area (Å²) in [6, 6.07) is 15.6. The van der Waals surface area contributed by atoms with Gasteiger partial charge in [0, 0.05) is 23.4 Å². The van der Waals surface area contributed by atoms with Crippen molar-refractivity contribution < 1.29 is 14.3 Å². The van der Waals surface area contributed by atoms with E-state index in [1.165, 1.54) is 31.8 Å². The number of benzene rings is 2. The van der Waals surface area contributed by atoms with Gasteiger partial charge in [0.25, 0.3) is 0 Å². The minimum atomic E-state index is -0.377. The molecule has 35 heavy (non-hydrogen) atoms. The second kappa shape index (κ2) is 17.7. The number of carbonyl (C=O) groups excluding carboxylic acids is 1. The minimum Gasteiger partial charge on any atom is -0.494 e. The summed E-state index contributed by atoms with van der Waals surface area (Å²) < 4.78 is 10.7. The molecule has 4 heteroatoms. The van der Waals surface area contributed by atoms with Crippen molar-refractivity contribution in [3.8, 4) is 29.4 Å². The number of unbranched alkanes of at least 4 members (excludes halogenated alkanes) is 6. The predicted octanol–water partition coefficient (Wildman–Crippen LogP) is 7.04. The maximum absolute atomic E-state index is 10.9. The average molecular weight is 470 g/mol. The lowest BCUT2D eigenvalue weighted by Crippen LogP contribution is -2.03. The first-order chi connectivity index (χ1) is 17.2. The van der Waals surface area contributed by atoms with Crippen molar-refractivity contribution >= 4 is 17.9 Å². The van der Waals surface area contributed by atoms with Crippen LogP contribution >= 0.6 is 0 Å². The Morgan fingerprint density at radius 2 is 1.49 bits per heavy atom. The second-order valence-corrected chi connectivity index (χ2v) is 8.01. The molecule has 0 aliphatic rings. The van der Waals surface area contributed by atoms with Gasteiger partial charge in [-0.05, 0) is 92.5 Å². The molecule has 2 aromatic rings. The van der Waals surface area contributed by atoms with Crippen LogP contribution < -0.4 is 4.74 Å². The smallest absolute Gasteiger partial charge is 0.330 e. The van der Waals surface area contributed by atoms with Crippen LogP contribution in [0.4, 0.5) is 5.69 Å². The molecule has 2 aromatic carbocycles. The lowest BCUT2D eigenvalue weighted by atomic mass is 10.2. The van der Waals surface area contributed by atoms with Crippen molar-refractivity contribution in [1.29, 1.82) is 0 Å². The molecule has 4 nitrogen and oxygen atoms in total. The van der Waals surface area contributed by atoms with Crippen molar-refractivity contribution in [1.82, 2.24) is 0 Å². The maximum atomic E-state index is 10.9. The first-order valence-electron chi connectivity index (χ1n) is 12.4. The Hall–Kier alpha value is -3.76. The Labute approximate surface area is 210 Å². The van der Waals surface area contributed by atoms with Gasteiger partial charge in [0.05, 0.1) is 18.9 Å². The standard InChI is InChI=1S/C31H35NO3/c1-3-5-6-7-11-24-32-29-20-16-27(17-21-29)14-9-10-15-28-18-22-30(23-19-28)34-25-12-8-13-26-35-31(33)4-2/h4,16-24H,2-3,5-8,11-13,25-26H2,1H3. The van der Waals surface area contributed by atoms with Crippen molar-refractivity contribution in [2.24, 2.45) is 4.99 Å². The summed E-state index contributed by atoms with van der Waals surface area (Å²) in [7, 11) is 0. The fourth-order valence-electron chi connectivity index (χ4n) is 3.11. The summed E-state index contributed by atoms with van der Waals surface area (Å²) in [6.07, 6.45) is 11.9. The predicted molar refractivity (Wildman–Crippen MR) is 144 cm³/mol. The zero-order valence-electron chi connectivity index (χ0n) is 20.7. The summed E-state index contributed by atoms with van der Waals surface area (Å²) in [5, 5.41) is 0. The van der Waals surface area contributed by atoms with E-state index in [0.717, 1.165) is 48.2 Å². The lowest BCUT2D eigenvalue weighted by Gasteiger charge is -2.06. The molecule has 0 heterocycles. The summed E-state index contributed by atoms with van der Waals surface area (Å²) in [5.74, 6) is 12.4. The Bertz CT molecular complexity index is 1040. The van der Waals surface area contributed by atoms with Crippen LogP contribution in [0.2, 0.25) is 0 Å². The number of hydrogen-bond donors (Lipinski definition) is 0. The van der Waals surface area contributed by atoms with Gasteiger partial charge in [-0.3, -0.25) is 4.99 Å². The molecule has 0 saturated carbocycles. The molecule has 0 amide bonds. The highest BCUT2D eigenvalue weighted by molar-refractivity contribution is 5.81. The van der Waals surface area contributed by atoms with Crippen LogP contribution in [0.15, 0.2) is 66.2 Å². The molecule has 182 valence electrons. The van der Waals surface area contributed by atoms with E-state index in [1.54, 1.807) is 0 Å². The molecule has 0 saturated heterocycles. The van der Waals surface area contributed by atoms with Gasteiger partial charge >= 0.3 is 5.97 Å². The normalized spacial score (nSPS) is 10.1. The SMILES string of the molecule is C=CC(=O)OCCCCCOc1ccc(C#CC#Cc2ccc(N=CCCCCCC)cc2)cc1. The Balaban J connectivity index is 1.68. The van der Waals surface area contributed by atoms with Crippen molar-refractivity contribution in [3.63, 3.8) is 0 Å². The largest absolute Gasteiger partial charge is 0.494 e. The Morgan fingerprint density at radius 1 is 0.857 bits per heavy atom. The lowest BCUT2D eigenvalue weighted by molar-refractivity contribution is -0.137. The third-order valence-corrected chi connectivity index (χ3v) is 5.09. The van der Waals surface area contributed by atoms with Crippen LogP contribution in [0.1, 0.15) is 69.4 Å². The second-order valence-electron chi connectivity index (χ2n) is 8.01. The molecule has 0 radical (unpaired) electrons. The molecular weight excluding hydrogens is 434 g/mol. The zero-order valence-corrected chi connectivity index (χ0v) is 20.7. The van der Waals surface area contributed by atoms with E-state index in [0.29, 0.717) is 13.2 Å². The third-order valence-electron chi connectivity index (χ3n) is 5.09. The molecular formula is C31H35NO3. The third kappa shape index (κ3) is 12.9. The monoisotopic (exact) mass is 469 g/mol. The molecule has 2 rings (SSSR count). The summed E-state index contributed by atoms with van der Waals surface area (Å²) in [5.41, 5.74) is 2.76. The van der Waals surface area contributed by atoms with Gasteiger partial charge in [-0.1, -0.05) is 44.6 Å². The molecule has 0 aromatic heterocycles. The maximum Gasteiger partial charge on any atom is 0.330 e. The summed E-state index contributed by atoms with van der Waals surface area (Å²) in [4.78, 5) is 15.4. The molecule has 0 bridgehead atoms. The highest BCUT2D eigenvalue weighted by Crippen LogP contribution is 2.13. The first kappa shape index (κ1) is 27.5. The molecule has 0 aliphatic heterocycles. The fourth-order valence-corrected chi connectivity index (χ4v) is 3.11. The van der Waals surface area contributed by atoms with Gasteiger partial charge < -0.3 is 9.47 Å². The summed E-state index contributed by atoms with van der Waals surface area (Å²) in [6.45, 7) is 6.62. The Kier molecular flexibility index (Phi) is 13.9. The number of rotatable bonds is 14. The van der Waals surface area contributed by atoms with E-state index in [-0.39, 0.29) is 5.97 Å². The number of esters is 1. The van der Waals surface area contributed by atoms with Crippen LogP contribution in [0, 0.1) is 23.7 Å². The van der Waals surface area contributed by atoms with Crippen LogP contribution in [0.25, 0.3) is 0 Å². The van der Waals surface area contributed by atoms with Crippen LogP contribution in [-0.4, -0.2) is 25.4 Å². The summed E-state index contributed by atoms with van der Waals surface area (Å²) >= 11 is 0. The van der Waals surface area contributed by atoms with Crippen LogP contribution in [0.3, 0.4) is 0 Å². The average Bonchev–Trinajstić information content (AvgIpc) is 2.89. The highest BCUT2D eigenvalue weighted by Gasteiger charge is 1.97. The van der Waals surface area contributed by atoms with E-state index in [9.17, 15) is 4.79 Å². The number of nitrogens with zero attached hydrogens (tertiary/aromatic N) is 1. The minimum absolute atomic E-state index is 0.377. The van der Waals surface area contributed by atoms with E-state index in [2.05, 4.69) is 42.2 Å². The number of aliphatic imine (C=N–C) groups is 1. The molecule has 0 fully saturated rings. The van der Waals surface area contributed by atoms with Gasteiger partial charge in [0.1, 0.15) is 5.75 Å². The van der Waals surface area contributed by atoms with Gasteiger partial charge in [-0.25, -0.2) is 4.79 Å². The number of hydrogen-bond acceptors (Lipinski definition) is 4. The molecule has 0 unspecified atom stereocenters.